The van der Waals surface area contributed by atoms with Gasteiger partial charge in [-0.25, -0.2) is 18.7 Å². The average Bonchev–Trinajstić information content (AvgIpc) is 3.55. The summed E-state index contributed by atoms with van der Waals surface area (Å²) in [5.74, 6) is -0.929. The van der Waals surface area contributed by atoms with Gasteiger partial charge in [0.1, 0.15) is 23.5 Å². The summed E-state index contributed by atoms with van der Waals surface area (Å²) in [6, 6.07) is 9.22. The van der Waals surface area contributed by atoms with Gasteiger partial charge in [0.25, 0.3) is 0 Å². The largest absolute Gasteiger partial charge is 0.394 e. The van der Waals surface area contributed by atoms with Crippen molar-refractivity contribution in [3.8, 4) is 22.9 Å². The van der Waals surface area contributed by atoms with Crippen LogP contribution < -0.4 is 4.90 Å². The standard InChI is InChI=1S/C22H20F2N6O3/c23-16-4-2-1-3-13(16)10-30-20(18-5-6-33-28-18)8-19(27-30)21-25-9-17(24)22(26-21)29-11-15(32)7-14(29)12-31/h1-6,8-9,14-15,31-32H,7,10-12H2/t14-,15+/m0/s1. The summed E-state index contributed by atoms with van der Waals surface area (Å²) < 4.78 is 35.4. The SMILES string of the molecule is OC[C@@H]1C[C@@H](O)CN1c1nc(-c2cc(-c3ccon3)n(Cc3ccccc3F)n2)ncc1F. The van der Waals surface area contributed by atoms with Crippen LogP contribution in [0, 0.1) is 11.6 Å². The van der Waals surface area contributed by atoms with E-state index in [0.29, 0.717) is 29.1 Å². The third-order valence-corrected chi connectivity index (χ3v) is 5.59. The average molecular weight is 454 g/mol. The molecule has 11 heteroatoms. The molecule has 5 rings (SSSR count). The second-order valence-corrected chi connectivity index (χ2v) is 7.79. The Morgan fingerprint density at radius 2 is 1.97 bits per heavy atom. The number of hydrogen-bond acceptors (Lipinski definition) is 8. The smallest absolute Gasteiger partial charge is 0.183 e. The Labute approximate surface area is 186 Å². The van der Waals surface area contributed by atoms with Crippen LogP contribution >= 0.6 is 0 Å². The second-order valence-electron chi connectivity index (χ2n) is 7.79. The molecule has 0 saturated carbocycles. The van der Waals surface area contributed by atoms with E-state index in [1.807, 2.05) is 0 Å². The van der Waals surface area contributed by atoms with E-state index in [2.05, 4.69) is 20.2 Å². The number of halogens is 2. The molecule has 2 atom stereocenters. The summed E-state index contributed by atoms with van der Waals surface area (Å²) in [6.45, 7) is 0.0156. The monoisotopic (exact) mass is 454 g/mol. The molecule has 4 aromatic rings. The highest BCUT2D eigenvalue weighted by atomic mass is 19.1. The van der Waals surface area contributed by atoms with Gasteiger partial charge in [-0.3, -0.25) is 4.68 Å². The van der Waals surface area contributed by atoms with E-state index in [4.69, 9.17) is 4.52 Å². The Morgan fingerprint density at radius 3 is 2.73 bits per heavy atom. The van der Waals surface area contributed by atoms with Crippen LogP contribution in [0.1, 0.15) is 12.0 Å². The maximum atomic E-state index is 14.6. The van der Waals surface area contributed by atoms with Crippen molar-refractivity contribution < 1.29 is 23.5 Å². The van der Waals surface area contributed by atoms with E-state index in [1.165, 1.54) is 17.2 Å². The lowest BCUT2D eigenvalue weighted by molar-refractivity contribution is 0.184. The summed E-state index contributed by atoms with van der Waals surface area (Å²) in [7, 11) is 0. The van der Waals surface area contributed by atoms with Crippen molar-refractivity contribution in [1.29, 1.82) is 0 Å². The summed E-state index contributed by atoms with van der Waals surface area (Å²) in [5, 5.41) is 28.1. The molecule has 4 heterocycles. The minimum absolute atomic E-state index is 0.0257. The van der Waals surface area contributed by atoms with Crippen LogP contribution in [-0.2, 0) is 6.54 Å². The molecule has 33 heavy (non-hydrogen) atoms. The third kappa shape index (κ3) is 4.08. The first-order chi connectivity index (χ1) is 16.0. The molecule has 0 unspecified atom stereocenters. The van der Waals surface area contributed by atoms with Crippen LogP contribution in [0.15, 0.2) is 53.4 Å². The fourth-order valence-electron chi connectivity index (χ4n) is 3.99. The number of aliphatic hydroxyl groups excluding tert-OH is 2. The molecule has 2 N–H and O–H groups in total. The molecule has 1 fully saturated rings. The molecule has 1 aromatic carbocycles. The zero-order valence-corrected chi connectivity index (χ0v) is 17.3. The van der Waals surface area contributed by atoms with Crippen LogP contribution in [0.5, 0.6) is 0 Å². The predicted octanol–water partition coefficient (Wildman–Crippen LogP) is 2.25. The Hall–Kier alpha value is -3.70. The second kappa shape index (κ2) is 8.68. The van der Waals surface area contributed by atoms with Gasteiger partial charge in [-0.05, 0) is 18.6 Å². The van der Waals surface area contributed by atoms with Crippen LogP contribution in [0.25, 0.3) is 22.9 Å². The highest BCUT2D eigenvalue weighted by Gasteiger charge is 2.33. The molecule has 170 valence electrons. The van der Waals surface area contributed by atoms with Crippen LogP contribution in [0.3, 0.4) is 0 Å². The topological polar surface area (TPSA) is 113 Å². The van der Waals surface area contributed by atoms with E-state index in [-0.39, 0.29) is 37.2 Å². The molecule has 1 saturated heterocycles. The molecule has 1 aliphatic heterocycles. The van der Waals surface area contributed by atoms with E-state index >= 15 is 0 Å². The first-order valence-electron chi connectivity index (χ1n) is 10.3. The maximum absolute atomic E-state index is 14.6. The van der Waals surface area contributed by atoms with E-state index in [9.17, 15) is 19.0 Å². The lowest BCUT2D eigenvalue weighted by Gasteiger charge is -2.24. The fraction of sp³-hybridized carbons (Fsp3) is 0.273. The van der Waals surface area contributed by atoms with Gasteiger partial charge in [0.2, 0.25) is 0 Å². The summed E-state index contributed by atoms with van der Waals surface area (Å²) in [5.41, 5.74) is 1.78. The molecule has 0 radical (unpaired) electrons. The van der Waals surface area contributed by atoms with Crippen molar-refractivity contribution in [2.45, 2.75) is 25.1 Å². The van der Waals surface area contributed by atoms with Gasteiger partial charge in [0.15, 0.2) is 17.5 Å². The molecule has 0 aliphatic carbocycles. The van der Waals surface area contributed by atoms with Gasteiger partial charge in [-0.1, -0.05) is 23.4 Å². The zero-order valence-electron chi connectivity index (χ0n) is 17.3. The van der Waals surface area contributed by atoms with Crippen molar-refractivity contribution in [3.63, 3.8) is 0 Å². The molecule has 0 spiro atoms. The summed E-state index contributed by atoms with van der Waals surface area (Å²) >= 11 is 0. The number of aromatic nitrogens is 5. The van der Waals surface area contributed by atoms with Crippen LogP contribution in [0.2, 0.25) is 0 Å². The van der Waals surface area contributed by atoms with E-state index < -0.39 is 18.0 Å². The van der Waals surface area contributed by atoms with E-state index in [1.54, 1.807) is 35.0 Å². The van der Waals surface area contributed by atoms with Crippen molar-refractivity contribution in [2.24, 2.45) is 0 Å². The Bertz CT molecular complexity index is 1260. The van der Waals surface area contributed by atoms with E-state index in [0.717, 1.165) is 6.20 Å². The zero-order chi connectivity index (χ0) is 22.9. The van der Waals surface area contributed by atoms with Crippen LogP contribution in [0.4, 0.5) is 14.6 Å². The Balaban J connectivity index is 1.55. The van der Waals surface area contributed by atoms with Gasteiger partial charge >= 0.3 is 0 Å². The number of rotatable bonds is 6. The summed E-state index contributed by atoms with van der Waals surface area (Å²) in [6.07, 6.45) is 2.06. The number of hydrogen-bond donors (Lipinski definition) is 2. The van der Waals surface area contributed by atoms with Gasteiger partial charge in [0.05, 0.1) is 37.2 Å². The molecule has 1 aliphatic rings. The molecule has 0 amide bonds. The highest BCUT2D eigenvalue weighted by molar-refractivity contribution is 5.63. The first-order valence-corrected chi connectivity index (χ1v) is 10.3. The number of nitrogens with zero attached hydrogens (tertiary/aromatic N) is 6. The molecule has 9 nitrogen and oxygen atoms in total. The molecular weight excluding hydrogens is 434 g/mol. The van der Waals surface area contributed by atoms with Gasteiger partial charge in [-0.2, -0.15) is 5.10 Å². The number of anilines is 1. The van der Waals surface area contributed by atoms with Crippen molar-refractivity contribution in [2.75, 3.05) is 18.1 Å². The minimum Gasteiger partial charge on any atom is -0.394 e. The van der Waals surface area contributed by atoms with Gasteiger partial charge in [0, 0.05) is 18.2 Å². The summed E-state index contributed by atoms with van der Waals surface area (Å²) in [4.78, 5) is 9.95. The van der Waals surface area contributed by atoms with Crippen molar-refractivity contribution in [1.82, 2.24) is 24.9 Å². The predicted molar refractivity (Wildman–Crippen MR) is 113 cm³/mol. The van der Waals surface area contributed by atoms with Gasteiger partial charge in [-0.15, -0.1) is 0 Å². The number of β-amino-alcohol motifs (C(OH)–C–C–N with tert-alkyl or cyclic N) is 1. The lowest BCUT2D eigenvalue weighted by atomic mass is 10.2. The Morgan fingerprint density at radius 1 is 1.12 bits per heavy atom. The third-order valence-electron chi connectivity index (χ3n) is 5.59. The normalized spacial score (nSPS) is 18.2. The maximum Gasteiger partial charge on any atom is 0.183 e. The Kier molecular flexibility index (Phi) is 5.56. The number of aliphatic hydroxyl groups is 2. The van der Waals surface area contributed by atoms with Crippen molar-refractivity contribution in [3.05, 3.63) is 66.1 Å². The fourth-order valence-corrected chi connectivity index (χ4v) is 3.99. The quantitative estimate of drug-likeness (QED) is 0.456. The lowest BCUT2D eigenvalue weighted by Crippen LogP contribution is -2.34. The van der Waals surface area contributed by atoms with Crippen molar-refractivity contribution >= 4 is 5.82 Å². The minimum atomic E-state index is -0.696. The molecule has 0 bridgehead atoms. The first kappa shape index (κ1) is 21.2. The number of benzene rings is 1. The van der Waals surface area contributed by atoms with Crippen LogP contribution in [-0.4, -0.2) is 60.4 Å². The van der Waals surface area contributed by atoms with Gasteiger partial charge < -0.3 is 19.6 Å². The molecular formula is C22H20F2N6O3. The highest BCUT2D eigenvalue weighted by Crippen LogP contribution is 2.29. The molecule has 3 aromatic heterocycles.